The van der Waals surface area contributed by atoms with Gasteiger partial charge in [0.05, 0.1) is 0 Å². The highest BCUT2D eigenvalue weighted by Crippen LogP contribution is 2.04. The van der Waals surface area contributed by atoms with Crippen molar-refractivity contribution < 1.29 is 4.79 Å². The summed E-state index contributed by atoms with van der Waals surface area (Å²) in [6.45, 7) is 2.90. The second-order valence-electron chi connectivity index (χ2n) is 2.76. The van der Waals surface area contributed by atoms with E-state index in [1.807, 2.05) is 0 Å². The van der Waals surface area contributed by atoms with Crippen LogP contribution in [0.1, 0.15) is 13.3 Å². The van der Waals surface area contributed by atoms with Gasteiger partial charge in [0, 0.05) is 18.5 Å². The van der Waals surface area contributed by atoms with E-state index in [2.05, 4.69) is 24.4 Å². The lowest BCUT2D eigenvalue weighted by atomic mass is 10.1. The lowest BCUT2D eigenvalue weighted by Crippen LogP contribution is -2.28. The van der Waals surface area contributed by atoms with Crippen molar-refractivity contribution in [3.05, 3.63) is 12.2 Å². The van der Waals surface area contributed by atoms with Crippen molar-refractivity contribution in [2.45, 2.75) is 19.4 Å². The molecule has 0 aliphatic carbocycles. The molecule has 0 saturated heterocycles. The summed E-state index contributed by atoms with van der Waals surface area (Å²) in [5.41, 5.74) is 0. The molecule has 1 heterocycles. The Morgan fingerprint density at radius 1 is 1.70 bits per heavy atom. The molecule has 2 atom stereocenters. The molecule has 0 unspecified atom stereocenters. The third-order valence-corrected chi connectivity index (χ3v) is 1.76. The van der Waals surface area contributed by atoms with Crippen molar-refractivity contribution in [3.8, 4) is 0 Å². The standard InChI is InChI=1S/C8H13NO/c1-7-3-2-4-8(6-10)5-9-7/h2-3,6-9H,4-5H2,1H3/t7-,8+/m0/s1. The van der Waals surface area contributed by atoms with E-state index in [9.17, 15) is 4.79 Å². The van der Waals surface area contributed by atoms with Gasteiger partial charge in [-0.15, -0.1) is 0 Å². The Labute approximate surface area is 61.3 Å². The van der Waals surface area contributed by atoms with Crippen LogP contribution in [0, 0.1) is 5.92 Å². The van der Waals surface area contributed by atoms with E-state index in [0.717, 1.165) is 19.3 Å². The molecule has 2 nitrogen and oxygen atoms in total. The molecule has 0 bridgehead atoms. The fraction of sp³-hybridized carbons (Fsp3) is 0.625. The molecule has 0 amide bonds. The molecule has 10 heavy (non-hydrogen) atoms. The second-order valence-corrected chi connectivity index (χ2v) is 2.76. The molecule has 0 radical (unpaired) electrons. The molecule has 0 aromatic carbocycles. The number of hydrogen-bond donors (Lipinski definition) is 1. The van der Waals surface area contributed by atoms with Gasteiger partial charge in [-0.2, -0.15) is 0 Å². The van der Waals surface area contributed by atoms with Gasteiger partial charge >= 0.3 is 0 Å². The second kappa shape index (κ2) is 3.52. The minimum absolute atomic E-state index is 0.182. The topological polar surface area (TPSA) is 29.1 Å². The monoisotopic (exact) mass is 139 g/mol. The molecule has 0 aromatic rings. The van der Waals surface area contributed by atoms with E-state index in [4.69, 9.17) is 0 Å². The average molecular weight is 139 g/mol. The van der Waals surface area contributed by atoms with Crippen molar-refractivity contribution in [2.24, 2.45) is 5.92 Å². The molecule has 1 N–H and O–H groups in total. The highest BCUT2D eigenvalue weighted by Gasteiger charge is 2.09. The van der Waals surface area contributed by atoms with Crippen molar-refractivity contribution in [1.82, 2.24) is 5.32 Å². The Bertz CT molecular complexity index is 142. The third kappa shape index (κ3) is 1.95. The Balaban J connectivity index is 2.44. The minimum atomic E-state index is 0.182. The van der Waals surface area contributed by atoms with Crippen molar-refractivity contribution in [3.63, 3.8) is 0 Å². The molecule has 0 fully saturated rings. The first-order valence-corrected chi connectivity index (χ1v) is 3.68. The number of nitrogens with one attached hydrogen (secondary N) is 1. The number of allylic oxidation sites excluding steroid dienone is 1. The third-order valence-electron chi connectivity index (χ3n) is 1.76. The van der Waals surface area contributed by atoms with Gasteiger partial charge < -0.3 is 10.1 Å². The molecular formula is C8H13NO. The van der Waals surface area contributed by atoms with Crippen molar-refractivity contribution in [2.75, 3.05) is 6.54 Å². The summed E-state index contributed by atoms with van der Waals surface area (Å²) >= 11 is 0. The summed E-state index contributed by atoms with van der Waals surface area (Å²) < 4.78 is 0. The van der Waals surface area contributed by atoms with Crippen LogP contribution in [0.2, 0.25) is 0 Å². The molecule has 0 saturated carbocycles. The lowest BCUT2D eigenvalue weighted by molar-refractivity contribution is -0.110. The number of carbonyl (C=O) groups is 1. The summed E-state index contributed by atoms with van der Waals surface area (Å²) in [5.74, 6) is 0.182. The maximum absolute atomic E-state index is 10.3. The first kappa shape index (κ1) is 7.48. The predicted octanol–water partition coefficient (Wildman–Crippen LogP) is 0.740. The zero-order valence-electron chi connectivity index (χ0n) is 6.21. The molecule has 1 aliphatic rings. The fourth-order valence-electron chi connectivity index (χ4n) is 1.05. The number of hydrogen-bond acceptors (Lipinski definition) is 2. The van der Waals surface area contributed by atoms with Crippen LogP contribution in [0.5, 0.6) is 0 Å². The Hall–Kier alpha value is -0.630. The van der Waals surface area contributed by atoms with E-state index in [1.54, 1.807) is 0 Å². The van der Waals surface area contributed by atoms with Gasteiger partial charge in [-0.1, -0.05) is 12.2 Å². The summed E-state index contributed by atoms with van der Waals surface area (Å²) in [7, 11) is 0. The van der Waals surface area contributed by atoms with Gasteiger partial charge in [0.2, 0.25) is 0 Å². The van der Waals surface area contributed by atoms with Gasteiger partial charge in [0.15, 0.2) is 0 Å². The Morgan fingerprint density at radius 2 is 2.50 bits per heavy atom. The van der Waals surface area contributed by atoms with Crippen LogP contribution < -0.4 is 5.32 Å². The normalized spacial score (nSPS) is 33.3. The summed E-state index contributed by atoms with van der Waals surface area (Å²) in [5, 5.41) is 3.23. The lowest BCUT2D eigenvalue weighted by Gasteiger charge is -2.07. The first-order valence-electron chi connectivity index (χ1n) is 3.68. The minimum Gasteiger partial charge on any atom is -0.310 e. The number of rotatable bonds is 1. The highest BCUT2D eigenvalue weighted by molar-refractivity contribution is 5.54. The smallest absolute Gasteiger partial charge is 0.124 e. The Kier molecular flexibility index (Phi) is 2.63. The van der Waals surface area contributed by atoms with Gasteiger partial charge in [-0.25, -0.2) is 0 Å². The van der Waals surface area contributed by atoms with Gasteiger partial charge in [-0.05, 0) is 13.3 Å². The summed E-state index contributed by atoms with van der Waals surface area (Å²) in [6, 6.07) is 0.421. The van der Waals surface area contributed by atoms with E-state index in [1.165, 1.54) is 0 Å². The van der Waals surface area contributed by atoms with Gasteiger partial charge in [0.25, 0.3) is 0 Å². The van der Waals surface area contributed by atoms with Crippen LogP contribution in [-0.2, 0) is 4.79 Å². The zero-order valence-corrected chi connectivity index (χ0v) is 6.21. The Morgan fingerprint density at radius 3 is 3.20 bits per heavy atom. The zero-order chi connectivity index (χ0) is 7.40. The molecule has 0 spiro atoms. The maximum atomic E-state index is 10.3. The summed E-state index contributed by atoms with van der Waals surface area (Å²) in [6.07, 6.45) is 6.09. The predicted molar refractivity (Wildman–Crippen MR) is 40.8 cm³/mol. The molecule has 1 aliphatic heterocycles. The summed E-state index contributed by atoms with van der Waals surface area (Å²) in [4.78, 5) is 10.3. The number of carbonyl (C=O) groups excluding carboxylic acids is 1. The van der Waals surface area contributed by atoms with E-state index in [-0.39, 0.29) is 5.92 Å². The van der Waals surface area contributed by atoms with E-state index >= 15 is 0 Å². The van der Waals surface area contributed by atoms with Crippen molar-refractivity contribution >= 4 is 6.29 Å². The van der Waals surface area contributed by atoms with Gasteiger partial charge in [0.1, 0.15) is 6.29 Å². The van der Waals surface area contributed by atoms with Crippen LogP contribution in [0.25, 0.3) is 0 Å². The molecule has 56 valence electrons. The molecular weight excluding hydrogens is 126 g/mol. The van der Waals surface area contributed by atoms with Crippen LogP contribution in [0.3, 0.4) is 0 Å². The molecule has 1 rings (SSSR count). The number of aldehydes is 1. The SMILES string of the molecule is C[C@H]1C=CC[C@@H](C=O)CN1. The fourth-order valence-corrected chi connectivity index (χ4v) is 1.05. The largest absolute Gasteiger partial charge is 0.310 e. The maximum Gasteiger partial charge on any atom is 0.124 e. The van der Waals surface area contributed by atoms with Crippen LogP contribution >= 0.6 is 0 Å². The van der Waals surface area contributed by atoms with Crippen molar-refractivity contribution in [1.29, 1.82) is 0 Å². The van der Waals surface area contributed by atoms with Gasteiger partial charge in [-0.3, -0.25) is 0 Å². The van der Waals surface area contributed by atoms with Crippen LogP contribution in [-0.4, -0.2) is 18.9 Å². The average Bonchev–Trinajstić information content (AvgIpc) is 2.14. The van der Waals surface area contributed by atoms with E-state index in [0.29, 0.717) is 6.04 Å². The van der Waals surface area contributed by atoms with Crippen LogP contribution in [0.15, 0.2) is 12.2 Å². The first-order chi connectivity index (χ1) is 4.83. The van der Waals surface area contributed by atoms with Crippen LogP contribution in [0.4, 0.5) is 0 Å². The molecule has 2 heteroatoms. The van der Waals surface area contributed by atoms with E-state index < -0.39 is 0 Å². The molecule has 0 aromatic heterocycles. The highest BCUT2D eigenvalue weighted by atomic mass is 16.1. The quantitative estimate of drug-likeness (QED) is 0.429.